The Morgan fingerprint density at radius 2 is 2.15 bits per heavy atom. The van der Waals surface area contributed by atoms with Crippen LogP contribution in [0.25, 0.3) is 0 Å². The normalized spacial score (nSPS) is 10.1. The second kappa shape index (κ2) is 9.42. The van der Waals surface area contributed by atoms with Crippen LogP contribution in [0.2, 0.25) is 0 Å². The number of amides is 1. The van der Waals surface area contributed by atoms with Crippen molar-refractivity contribution in [3.8, 4) is 0 Å². The number of ether oxygens (including phenoxy) is 1. The Balaban J connectivity index is 2.10. The number of thioether (sulfide) groups is 1. The van der Waals surface area contributed by atoms with Crippen molar-refractivity contribution in [2.75, 3.05) is 19.4 Å². The van der Waals surface area contributed by atoms with Gasteiger partial charge in [-0.3, -0.25) is 9.59 Å². The lowest BCUT2D eigenvalue weighted by molar-refractivity contribution is -0.140. The highest BCUT2D eigenvalue weighted by atomic mass is 32.2. The Kier molecular flexibility index (Phi) is 7.80. The zero-order chi connectivity index (χ0) is 14.8. The van der Waals surface area contributed by atoms with Crippen molar-refractivity contribution in [2.24, 2.45) is 0 Å². The highest BCUT2D eigenvalue weighted by Crippen LogP contribution is 2.13. The van der Waals surface area contributed by atoms with Gasteiger partial charge in [-0.05, 0) is 18.9 Å². The van der Waals surface area contributed by atoms with Crippen LogP contribution in [-0.4, -0.2) is 31.3 Å². The summed E-state index contributed by atoms with van der Waals surface area (Å²) in [6.45, 7) is 2.57. The molecule has 4 nitrogen and oxygen atoms in total. The minimum Gasteiger partial charge on any atom is -0.469 e. The standard InChI is InChI=1S/C15H21NO3S/c1-12-5-3-6-13(9-12)10-20-11-14(17)16-8-4-7-15(18)19-2/h3,5-6,9H,4,7-8,10-11H2,1-2H3,(H,16,17). The van der Waals surface area contributed by atoms with Crippen LogP contribution in [0.3, 0.4) is 0 Å². The fourth-order valence-electron chi connectivity index (χ4n) is 1.68. The SMILES string of the molecule is COC(=O)CCCNC(=O)CSCc1cccc(C)c1. The van der Waals surface area contributed by atoms with Crippen molar-refractivity contribution in [1.82, 2.24) is 5.32 Å². The van der Waals surface area contributed by atoms with Gasteiger partial charge in [0.2, 0.25) is 5.91 Å². The summed E-state index contributed by atoms with van der Waals surface area (Å²) in [5, 5.41) is 2.79. The molecular formula is C15H21NO3S. The van der Waals surface area contributed by atoms with Gasteiger partial charge in [-0.25, -0.2) is 0 Å². The van der Waals surface area contributed by atoms with Gasteiger partial charge < -0.3 is 10.1 Å². The number of carbonyl (C=O) groups is 2. The minimum absolute atomic E-state index is 0.00696. The summed E-state index contributed by atoms with van der Waals surface area (Å²) in [4.78, 5) is 22.4. The van der Waals surface area contributed by atoms with Crippen molar-refractivity contribution in [3.63, 3.8) is 0 Å². The van der Waals surface area contributed by atoms with E-state index in [0.29, 0.717) is 25.1 Å². The average molecular weight is 295 g/mol. The Morgan fingerprint density at radius 1 is 1.35 bits per heavy atom. The summed E-state index contributed by atoms with van der Waals surface area (Å²) < 4.78 is 4.53. The molecule has 110 valence electrons. The minimum atomic E-state index is -0.243. The van der Waals surface area contributed by atoms with Crippen LogP contribution in [0.5, 0.6) is 0 Å². The zero-order valence-electron chi connectivity index (χ0n) is 12.0. The molecule has 0 saturated heterocycles. The molecule has 1 aromatic carbocycles. The number of aryl methyl sites for hydroxylation is 1. The molecule has 0 fully saturated rings. The number of nitrogens with one attached hydrogen (secondary N) is 1. The molecule has 0 unspecified atom stereocenters. The average Bonchev–Trinajstić information content (AvgIpc) is 2.43. The van der Waals surface area contributed by atoms with Gasteiger partial charge in [0.1, 0.15) is 0 Å². The number of methoxy groups -OCH3 is 1. The van der Waals surface area contributed by atoms with Crippen LogP contribution >= 0.6 is 11.8 Å². The molecule has 1 aromatic rings. The molecular weight excluding hydrogens is 274 g/mol. The summed E-state index contributed by atoms with van der Waals surface area (Å²) in [5.41, 5.74) is 2.46. The lowest BCUT2D eigenvalue weighted by atomic mass is 10.2. The molecule has 1 amide bonds. The number of rotatable bonds is 8. The lowest BCUT2D eigenvalue weighted by Gasteiger charge is -2.05. The molecule has 0 aromatic heterocycles. The highest BCUT2D eigenvalue weighted by Gasteiger charge is 2.03. The number of esters is 1. The molecule has 0 heterocycles. The maximum Gasteiger partial charge on any atom is 0.305 e. The fourth-order valence-corrected chi connectivity index (χ4v) is 2.48. The van der Waals surface area contributed by atoms with Crippen LogP contribution in [0.4, 0.5) is 0 Å². The largest absolute Gasteiger partial charge is 0.469 e. The number of hydrogen-bond acceptors (Lipinski definition) is 4. The first kappa shape index (κ1) is 16.6. The monoisotopic (exact) mass is 295 g/mol. The van der Waals surface area contributed by atoms with Crippen molar-refractivity contribution < 1.29 is 14.3 Å². The molecule has 0 atom stereocenters. The van der Waals surface area contributed by atoms with E-state index in [1.54, 1.807) is 11.8 Å². The molecule has 0 aliphatic carbocycles. The fraction of sp³-hybridized carbons (Fsp3) is 0.467. The first-order valence-electron chi connectivity index (χ1n) is 6.58. The third-order valence-corrected chi connectivity index (χ3v) is 3.70. The maximum atomic E-state index is 11.6. The molecule has 0 aliphatic rings. The molecule has 0 bridgehead atoms. The first-order chi connectivity index (χ1) is 9.61. The van der Waals surface area contributed by atoms with Gasteiger partial charge in [-0.2, -0.15) is 0 Å². The second-order valence-corrected chi connectivity index (χ2v) is 5.50. The predicted octanol–water partition coefficient (Wildman–Crippen LogP) is 2.30. The van der Waals surface area contributed by atoms with Crippen LogP contribution in [0.1, 0.15) is 24.0 Å². The van der Waals surface area contributed by atoms with E-state index in [2.05, 4.69) is 35.2 Å². The van der Waals surface area contributed by atoms with E-state index in [-0.39, 0.29) is 11.9 Å². The summed E-state index contributed by atoms with van der Waals surface area (Å²) in [7, 11) is 1.36. The zero-order valence-corrected chi connectivity index (χ0v) is 12.8. The second-order valence-electron chi connectivity index (χ2n) is 4.51. The number of benzene rings is 1. The maximum absolute atomic E-state index is 11.6. The molecule has 20 heavy (non-hydrogen) atoms. The first-order valence-corrected chi connectivity index (χ1v) is 7.74. The van der Waals surface area contributed by atoms with Gasteiger partial charge in [0.15, 0.2) is 0 Å². The lowest BCUT2D eigenvalue weighted by Crippen LogP contribution is -2.26. The van der Waals surface area contributed by atoms with Gasteiger partial charge in [0.05, 0.1) is 12.9 Å². The van der Waals surface area contributed by atoms with Gasteiger partial charge in [-0.1, -0.05) is 29.8 Å². The van der Waals surface area contributed by atoms with Crippen LogP contribution < -0.4 is 5.32 Å². The quantitative estimate of drug-likeness (QED) is 0.590. The van der Waals surface area contributed by atoms with E-state index in [4.69, 9.17) is 0 Å². The molecule has 1 rings (SSSR count). The van der Waals surface area contributed by atoms with Gasteiger partial charge in [0.25, 0.3) is 0 Å². The summed E-state index contributed by atoms with van der Waals surface area (Å²) in [5.74, 6) is 1.03. The molecule has 1 N–H and O–H groups in total. The molecule has 0 radical (unpaired) electrons. The van der Waals surface area contributed by atoms with Gasteiger partial charge >= 0.3 is 5.97 Å². The van der Waals surface area contributed by atoms with Crippen molar-refractivity contribution >= 4 is 23.6 Å². The summed E-state index contributed by atoms with van der Waals surface area (Å²) in [6.07, 6.45) is 0.953. The predicted molar refractivity (Wildman–Crippen MR) is 81.6 cm³/mol. The smallest absolute Gasteiger partial charge is 0.305 e. The van der Waals surface area contributed by atoms with Crippen molar-refractivity contribution in [2.45, 2.75) is 25.5 Å². The molecule has 0 aliphatic heterocycles. The third kappa shape index (κ3) is 7.19. The Hall–Kier alpha value is -1.49. The van der Waals surface area contributed by atoms with Crippen molar-refractivity contribution in [1.29, 1.82) is 0 Å². The Morgan fingerprint density at radius 3 is 2.85 bits per heavy atom. The number of carbonyl (C=O) groups excluding carboxylic acids is 2. The van der Waals surface area contributed by atoms with E-state index in [9.17, 15) is 9.59 Å². The van der Waals surface area contributed by atoms with E-state index in [1.807, 2.05) is 6.07 Å². The van der Waals surface area contributed by atoms with Gasteiger partial charge in [0, 0.05) is 18.7 Å². The van der Waals surface area contributed by atoms with E-state index in [0.717, 1.165) is 5.75 Å². The summed E-state index contributed by atoms with van der Waals surface area (Å²) >= 11 is 1.59. The Bertz CT molecular complexity index is 448. The van der Waals surface area contributed by atoms with E-state index in [1.165, 1.54) is 18.2 Å². The van der Waals surface area contributed by atoms with Gasteiger partial charge in [-0.15, -0.1) is 11.8 Å². The highest BCUT2D eigenvalue weighted by molar-refractivity contribution is 7.99. The van der Waals surface area contributed by atoms with E-state index >= 15 is 0 Å². The number of hydrogen-bond donors (Lipinski definition) is 1. The Labute approximate surface area is 124 Å². The van der Waals surface area contributed by atoms with Crippen molar-refractivity contribution in [3.05, 3.63) is 35.4 Å². The van der Waals surface area contributed by atoms with Crippen LogP contribution in [0.15, 0.2) is 24.3 Å². The van der Waals surface area contributed by atoms with Crippen LogP contribution in [-0.2, 0) is 20.1 Å². The van der Waals surface area contributed by atoms with Crippen LogP contribution in [0, 0.1) is 6.92 Å². The molecule has 0 saturated carbocycles. The third-order valence-electron chi connectivity index (χ3n) is 2.69. The van der Waals surface area contributed by atoms with E-state index < -0.39 is 0 Å². The topological polar surface area (TPSA) is 55.4 Å². The molecule has 0 spiro atoms. The summed E-state index contributed by atoms with van der Waals surface area (Å²) in [6, 6.07) is 8.27. The molecule has 5 heteroatoms.